The molecule has 0 radical (unpaired) electrons. The van der Waals surface area contributed by atoms with Crippen LogP contribution in [-0.2, 0) is 6.42 Å². The van der Waals surface area contributed by atoms with Gasteiger partial charge in [-0.05, 0) is 56.2 Å². The molecule has 0 aliphatic rings. The summed E-state index contributed by atoms with van der Waals surface area (Å²) in [4.78, 5) is 0. The number of hydrogen-bond donors (Lipinski definition) is 0. The summed E-state index contributed by atoms with van der Waals surface area (Å²) in [5, 5.41) is 0. The van der Waals surface area contributed by atoms with E-state index in [4.69, 9.17) is 0 Å². The van der Waals surface area contributed by atoms with Crippen LogP contribution in [-0.4, -0.2) is 0 Å². The van der Waals surface area contributed by atoms with Gasteiger partial charge in [-0.25, -0.2) is 0 Å². The minimum atomic E-state index is 1.01. The third kappa shape index (κ3) is 23.1. The third-order valence-electron chi connectivity index (χ3n) is 5.53. The fourth-order valence-electron chi connectivity index (χ4n) is 3.08. The second kappa shape index (κ2) is 27.2. The third-order valence-corrected chi connectivity index (χ3v) is 5.53. The minimum Gasteiger partial charge on any atom is -0.100 e. The molecule has 2 aromatic rings. The van der Waals surface area contributed by atoms with Crippen molar-refractivity contribution in [3.05, 3.63) is 89.5 Å². The van der Waals surface area contributed by atoms with Crippen LogP contribution in [0.15, 0.2) is 67.3 Å². The van der Waals surface area contributed by atoms with E-state index in [1.165, 1.54) is 59.9 Å². The summed E-state index contributed by atoms with van der Waals surface area (Å²) in [5.74, 6) is 1.01. The average Bonchev–Trinajstić information content (AvgIpc) is 2.87. The first kappa shape index (κ1) is 36.5. The first-order chi connectivity index (χ1) is 16.3. The van der Waals surface area contributed by atoms with E-state index in [1.54, 1.807) is 0 Å². The molecule has 0 saturated carbocycles. The second-order valence-electron chi connectivity index (χ2n) is 8.56. The largest absolute Gasteiger partial charge is 0.100 e. The number of allylic oxidation sites excluding steroid dienone is 1. The lowest BCUT2D eigenvalue weighted by molar-refractivity contribution is 0.427. The van der Waals surface area contributed by atoms with E-state index in [1.807, 2.05) is 26.8 Å². The Morgan fingerprint density at radius 3 is 1.59 bits per heavy atom. The normalized spacial score (nSPS) is 9.03. The lowest BCUT2D eigenvalue weighted by Gasteiger charge is -2.10. The molecule has 0 atom stereocenters. The van der Waals surface area contributed by atoms with E-state index < -0.39 is 0 Å². The van der Waals surface area contributed by atoms with E-state index in [0.717, 1.165) is 18.8 Å². The van der Waals surface area contributed by atoms with E-state index in [9.17, 15) is 0 Å². The van der Waals surface area contributed by atoms with Crippen molar-refractivity contribution in [2.45, 2.75) is 114 Å². The minimum absolute atomic E-state index is 1.01. The Morgan fingerprint density at radius 1 is 0.824 bits per heavy atom. The molecule has 0 fully saturated rings. The molecule has 0 spiro atoms. The fraction of sp³-hybridized carbons (Fsp3) is 0.529. The smallest absolute Gasteiger partial charge is 0.0262 e. The highest BCUT2D eigenvalue weighted by atomic mass is 14.1. The highest BCUT2D eigenvalue weighted by Gasteiger charge is 2.01. The average molecular weight is 467 g/mol. The van der Waals surface area contributed by atoms with E-state index in [2.05, 4.69) is 110 Å². The van der Waals surface area contributed by atoms with Crippen molar-refractivity contribution >= 4 is 6.08 Å². The van der Waals surface area contributed by atoms with Crippen molar-refractivity contribution < 1.29 is 0 Å². The summed E-state index contributed by atoms with van der Waals surface area (Å²) in [7, 11) is 0. The zero-order valence-electron chi connectivity index (χ0n) is 24.6. The standard InChI is InChI=1S/C9H10.C9H12.C9H20.C5H10.C2H6/c1-3-9-6-4-8(2)5-7-9;1-3-9-7-5-4-6-8(9)2;1-4-7-9(6-3)8-5-2;1-4-5(2)3;1-2/h3-7H,1H2,2H3;4-7H,3H2,1-2H3;9H,4-8H2,1-3H3;2,4H2,1,3H3;1-2H3. The van der Waals surface area contributed by atoms with Crippen molar-refractivity contribution in [1.82, 2.24) is 0 Å². The quantitative estimate of drug-likeness (QED) is 0.339. The zero-order valence-corrected chi connectivity index (χ0v) is 24.6. The van der Waals surface area contributed by atoms with Gasteiger partial charge in [0.25, 0.3) is 0 Å². The summed E-state index contributed by atoms with van der Waals surface area (Å²) < 4.78 is 0. The molecule has 0 saturated heterocycles. The Bertz CT molecular complexity index is 684. The summed E-state index contributed by atoms with van der Waals surface area (Å²) >= 11 is 0. The molecule has 0 unspecified atom stereocenters. The van der Waals surface area contributed by atoms with E-state index in [0.29, 0.717) is 0 Å². The van der Waals surface area contributed by atoms with E-state index >= 15 is 0 Å². The fourth-order valence-corrected chi connectivity index (χ4v) is 3.08. The maximum Gasteiger partial charge on any atom is -0.0262 e. The number of rotatable bonds is 8. The van der Waals surface area contributed by atoms with Crippen LogP contribution in [0.4, 0.5) is 0 Å². The molecule has 0 bridgehead atoms. The molecule has 0 amide bonds. The van der Waals surface area contributed by atoms with Gasteiger partial charge in [-0.2, -0.15) is 0 Å². The highest BCUT2D eigenvalue weighted by Crippen LogP contribution is 2.16. The van der Waals surface area contributed by atoms with Crippen molar-refractivity contribution in [2.24, 2.45) is 5.92 Å². The van der Waals surface area contributed by atoms with Crippen molar-refractivity contribution in [3.63, 3.8) is 0 Å². The summed E-state index contributed by atoms with van der Waals surface area (Å²) in [6.07, 6.45) is 11.1. The van der Waals surface area contributed by atoms with Crippen LogP contribution >= 0.6 is 0 Å². The predicted molar refractivity (Wildman–Crippen MR) is 162 cm³/mol. The van der Waals surface area contributed by atoms with Gasteiger partial charge in [-0.15, -0.1) is 6.58 Å². The molecule has 2 rings (SSSR count). The Balaban J connectivity index is -0.000000375. The zero-order chi connectivity index (χ0) is 26.8. The molecule has 0 aromatic heterocycles. The van der Waals surface area contributed by atoms with E-state index in [-0.39, 0.29) is 0 Å². The number of hydrogen-bond acceptors (Lipinski definition) is 0. The predicted octanol–water partition coefficient (Wildman–Crippen LogP) is 11.8. The molecule has 0 heteroatoms. The molecule has 0 aliphatic heterocycles. The van der Waals surface area contributed by atoms with Gasteiger partial charge in [0, 0.05) is 0 Å². The van der Waals surface area contributed by atoms with Crippen molar-refractivity contribution in [2.75, 3.05) is 0 Å². The van der Waals surface area contributed by atoms with Gasteiger partial charge in [-0.3, -0.25) is 0 Å². The molecular weight excluding hydrogens is 408 g/mol. The number of benzene rings is 2. The highest BCUT2D eigenvalue weighted by molar-refractivity contribution is 5.46. The van der Waals surface area contributed by atoms with Gasteiger partial charge >= 0.3 is 0 Å². The summed E-state index contributed by atoms with van der Waals surface area (Å²) in [5.41, 5.74) is 6.59. The Morgan fingerprint density at radius 2 is 1.29 bits per heavy atom. The van der Waals surface area contributed by atoms with Gasteiger partial charge in [0.15, 0.2) is 0 Å². The second-order valence-corrected chi connectivity index (χ2v) is 8.56. The summed E-state index contributed by atoms with van der Waals surface area (Å²) in [6, 6.07) is 16.8. The monoisotopic (exact) mass is 466 g/mol. The molecule has 2 aromatic carbocycles. The molecule has 0 aliphatic carbocycles. The Hall–Kier alpha value is -2.08. The van der Waals surface area contributed by atoms with Gasteiger partial charge < -0.3 is 0 Å². The molecule has 0 N–H and O–H groups in total. The topological polar surface area (TPSA) is 0 Å². The Kier molecular flexibility index (Phi) is 29.2. The van der Waals surface area contributed by atoms with Crippen LogP contribution in [0.2, 0.25) is 0 Å². The molecule has 0 nitrogen and oxygen atoms in total. The van der Waals surface area contributed by atoms with Crippen LogP contribution in [0.25, 0.3) is 6.08 Å². The van der Waals surface area contributed by atoms with Crippen LogP contribution in [0.5, 0.6) is 0 Å². The maximum atomic E-state index is 3.67. The molecule has 194 valence electrons. The van der Waals surface area contributed by atoms with Crippen LogP contribution in [0, 0.1) is 19.8 Å². The van der Waals surface area contributed by atoms with Crippen molar-refractivity contribution in [1.29, 1.82) is 0 Å². The van der Waals surface area contributed by atoms with Crippen LogP contribution in [0.1, 0.15) is 116 Å². The van der Waals surface area contributed by atoms with Crippen molar-refractivity contribution in [3.8, 4) is 0 Å². The van der Waals surface area contributed by atoms with Gasteiger partial charge in [0.1, 0.15) is 0 Å². The lowest BCUT2D eigenvalue weighted by Crippen LogP contribution is -1.96. The van der Waals surface area contributed by atoms with Gasteiger partial charge in [0.05, 0.1) is 0 Å². The molecule has 34 heavy (non-hydrogen) atoms. The molecule has 0 heterocycles. The summed E-state index contributed by atoms with van der Waals surface area (Å²) in [6.45, 7) is 28.7. The molecular formula is C34H58. The van der Waals surface area contributed by atoms with Gasteiger partial charge in [0.2, 0.25) is 0 Å². The Labute approximate surface area is 215 Å². The maximum absolute atomic E-state index is 3.67. The number of aryl methyl sites for hydroxylation is 3. The van der Waals surface area contributed by atoms with Gasteiger partial charge in [-0.1, -0.05) is 153 Å². The van der Waals surface area contributed by atoms with Crippen LogP contribution < -0.4 is 0 Å². The first-order valence-electron chi connectivity index (χ1n) is 13.7. The SMILES string of the molecule is C=C(C)CC.C=Cc1ccc(C)cc1.CC.CCCC(CC)CCC.CCc1ccccc1C. The lowest BCUT2D eigenvalue weighted by atomic mass is 9.96. The first-order valence-corrected chi connectivity index (χ1v) is 13.7. The van der Waals surface area contributed by atoms with Crippen LogP contribution in [0.3, 0.4) is 0 Å².